The van der Waals surface area contributed by atoms with Crippen LogP contribution in [0.25, 0.3) is 0 Å². The maximum atomic E-state index is 12.8. The number of piperidine rings is 2. The van der Waals surface area contributed by atoms with Gasteiger partial charge in [0.1, 0.15) is 24.1 Å². The number of ether oxygens (including phenoxy) is 3. The number of nitrogens with zero attached hydrogens (tertiary/aromatic N) is 3. The number of carbonyl (C=O) groups is 2. The van der Waals surface area contributed by atoms with Gasteiger partial charge >= 0.3 is 12.2 Å². The molecule has 2 atom stereocenters. The maximum absolute atomic E-state index is 12.8. The fraction of sp³-hybridized carbons (Fsp3) is 0.606. The van der Waals surface area contributed by atoms with Crippen LogP contribution in [0.4, 0.5) is 15.4 Å². The summed E-state index contributed by atoms with van der Waals surface area (Å²) in [5.41, 5.74) is 0.887. The quantitative estimate of drug-likeness (QED) is 0.424. The summed E-state index contributed by atoms with van der Waals surface area (Å²) in [6, 6.07) is 13.6. The van der Waals surface area contributed by atoms with Crippen LogP contribution in [0.2, 0.25) is 0 Å². The Morgan fingerprint density at radius 1 is 1.00 bits per heavy atom. The lowest BCUT2D eigenvalue weighted by Gasteiger charge is -2.38. The molecule has 2 unspecified atom stereocenters. The van der Waals surface area contributed by atoms with Gasteiger partial charge in [-0.1, -0.05) is 44.2 Å². The molecule has 1 N–H and O–H groups in total. The number of nitrogens with one attached hydrogen (secondary N) is 1. The molecule has 2 aliphatic heterocycles. The molecule has 9 nitrogen and oxygen atoms in total. The summed E-state index contributed by atoms with van der Waals surface area (Å²) in [6.45, 7) is 17.5. The first-order valence-corrected chi connectivity index (χ1v) is 15.1. The molecule has 228 valence electrons. The Morgan fingerprint density at radius 3 is 2.26 bits per heavy atom. The molecule has 3 aliphatic rings. The van der Waals surface area contributed by atoms with Crippen molar-refractivity contribution in [1.82, 2.24) is 15.2 Å². The number of rotatable bonds is 7. The van der Waals surface area contributed by atoms with Crippen molar-refractivity contribution in [2.45, 2.75) is 85.2 Å². The van der Waals surface area contributed by atoms with Gasteiger partial charge in [0.15, 0.2) is 0 Å². The zero-order valence-corrected chi connectivity index (χ0v) is 26.1. The van der Waals surface area contributed by atoms with E-state index in [1.807, 2.05) is 71.0 Å². The molecular formula is C33H46N4O5. The number of hydrogen-bond acceptors (Lipinski definition) is 7. The van der Waals surface area contributed by atoms with Crippen LogP contribution in [0.3, 0.4) is 0 Å². The number of fused-ring (bicyclic) bond motifs is 1. The highest BCUT2D eigenvalue weighted by atomic mass is 16.6. The highest BCUT2D eigenvalue weighted by molar-refractivity contribution is 5.69. The lowest BCUT2D eigenvalue weighted by atomic mass is 9.82. The molecule has 3 fully saturated rings. The number of pyridine rings is 1. The van der Waals surface area contributed by atoms with Gasteiger partial charge in [-0.15, -0.1) is 0 Å². The summed E-state index contributed by atoms with van der Waals surface area (Å²) in [7, 11) is 0. The third-order valence-electron chi connectivity index (χ3n) is 8.60. The van der Waals surface area contributed by atoms with E-state index in [9.17, 15) is 9.59 Å². The van der Waals surface area contributed by atoms with Gasteiger partial charge in [0.25, 0.3) is 0 Å². The van der Waals surface area contributed by atoms with Crippen molar-refractivity contribution in [2.24, 2.45) is 17.3 Å². The van der Waals surface area contributed by atoms with E-state index in [2.05, 4.69) is 30.1 Å². The van der Waals surface area contributed by atoms with Crippen LogP contribution in [-0.4, -0.2) is 60.0 Å². The minimum Gasteiger partial charge on any atom is -0.474 e. The second-order valence-corrected chi connectivity index (χ2v) is 14.3. The number of aromatic nitrogens is 1. The van der Waals surface area contributed by atoms with Crippen molar-refractivity contribution in [1.29, 1.82) is 0 Å². The topological polar surface area (TPSA) is 93.2 Å². The molecule has 0 radical (unpaired) electrons. The molecule has 3 heterocycles. The molecule has 1 aliphatic carbocycles. The van der Waals surface area contributed by atoms with Crippen LogP contribution in [0, 0.1) is 17.3 Å². The predicted octanol–water partition coefficient (Wildman–Crippen LogP) is 6.11. The summed E-state index contributed by atoms with van der Waals surface area (Å²) < 4.78 is 17.6. The first-order chi connectivity index (χ1) is 19.7. The van der Waals surface area contributed by atoms with Gasteiger partial charge in [0.2, 0.25) is 5.88 Å². The van der Waals surface area contributed by atoms with Crippen LogP contribution in [0.15, 0.2) is 42.5 Å². The van der Waals surface area contributed by atoms with Crippen molar-refractivity contribution in [3.63, 3.8) is 0 Å². The molecule has 2 saturated heterocycles. The summed E-state index contributed by atoms with van der Waals surface area (Å²) >= 11 is 0. The van der Waals surface area contributed by atoms with Crippen molar-refractivity contribution in [3.05, 3.63) is 53.6 Å². The second-order valence-electron chi connectivity index (χ2n) is 14.3. The minimum atomic E-state index is -0.731. The lowest BCUT2D eigenvalue weighted by molar-refractivity contribution is 0.0252. The molecular weight excluding hydrogens is 532 g/mol. The number of hydrogen-bond donors (Lipinski definition) is 1. The van der Waals surface area contributed by atoms with E-state index in [-0.39, 0.29) is 30.6 Å². The SMILES string of the molecule is CC1(C)CCN(c2cc(C(C)(C)NC(=O)OCc3ccccc3)cc(OC3C4CN(C(=O)OC(C)(C)C)CC43)n2)CC1. The third kappa shape index (κ3) is 7.28. The van der Waals surface area contributed by atoms with E-state index in [1.54, 1.807) is 4.90 Å². The van der Waals surface area contributed by atoms with E-state index < -0.39 is 17.2 Å². The van der Waals surface area contributed by atoms with Crippen molar-refractivity contribution < 1.29 is 23.8 Å². The van der Waals surface area contributed by atoms with Gasteiger partial charge in [-0.05, 0) is 70.1 Å². The molecule has 1 saturated carbocycles. The summed E-state index contributed by atoms with van der Waals surface area (Å²) in [5.74, 6) is 1.93. The van der Waals surface area contributed by atoms with Crippen LogP contribution in [0.1, 0.15) is 72.4 Å². The van der Waals surface area contributed by atoms with E-state index in [0.29, 0.717) is 24.4 Å². The Kier molecular flexibility index (Phi) is 8.07. The van der Waals surface area contributed by atoms with Gasteiger partial charge in [-0.3, -0.25) is 0 Å². The number of carbonyl (C=O) groups excluding carboxylic acids is 2. The zero-order valence-electron chi connectivity index (χ0n) is 26.1. The van der Waals surface area contributed by atoms with Crippen LogP contribution < -0.4 is 15.0 Å². The van der Waals surface area contributed by atoms with Crippen molar-refractivity contribution in [3.8, 4) is 5.88 Å². The standard InChI is InChI=1S/C33H46N4O5/c1-31(2,3)42-30(39)37-19-24-25(20-37)28(24)41-27-18-23(17-26(34-27)36-15-13-32(4,5)14-16-36)33(6,7)35-29(38)40-21-22-11-9-8-10-12-22/h8-12,17-18,24-25,28H,13-16,19-21H2,1-7H3,(H,35,38). The summed E-state index contributed by atoms with van der Waals surface area (Å²) in [6.07, 6.45) is 1.41. The van der Waals surface area contributed by atoms with Crippen molar-refractivity contribution in [2.75, 3.05) is 31.1 Å². The molecule has 2 amide bonds. The first-order valence-electron chi connectivity index (χ1n) is 15.1. The smallest absolute Gasteiger partial charge is 0.410 e. The number of alkyl carbamates (subject to hydrolysis) is 1. The van der Waals surface area contributed by atoms with Crippen molar-refractivity contribution >= 4 is 18.0 Å². The van der Waals surface area contributed by atoms with E-state index >= 15 is 0 Å². The van der Waals surface area contributed by atoms with Gasteiger partial charge in [-0.2, -0.15) is 4.98 Å². The Balaban J connectivity index is 1.28. The normalized spacial score (nSPS) is 23.2. The van der Waals surface area contributed by atoms with Gasteiger partial charge in [0, 0.05) is 44.1 Å². The monoisotopic (exact) mass is 578 g/mol. The molecule has 5 rings (SSSR count). The fourth-order valence-corrected chi connectivity index (χ4v) is 5.76. The number of anilines is 1. The summed E-state index contributed by atoms with van der Waals surface area (Å²) in [5, 5.41) is 3.04. The fourth-order valence-electron chi connectivity index (χ4n) is 5.76. The van der Waals surface area contributed by atoms with Crippen LogP contribution >= 0.6 is 0 Å². The molecule has 2 aromatic rings. The van der Waals surface area contributed by atoms with Gasteiger partial charge in [0.05, 0.1) is 5.54 Å². The molecule has 0 bridgehead atoms. The Labute approximate surface area is 249 Å². The maximum Gasteiger partial charge on any atom is 0.410 e. The third-order valence-corrected chi connectivity index (χ3v) is 8.60. The predicted molar refractivity (Wildman–Crippen MR) is 161 cm³/mol. The molecule has 9 heteroatoms. The van der Waals surface area contributed by atoms with E-state index in [4.69, 9.17) is 19.2 Å². The average Bonchev–Trinajstić information content (AvgIpc) is 3.33. The highest BCUT2D eigenvalue weighted by Gasteiger charge is 2.59. The van der Waals surface area contributed by atoms with Crippen LogP contribution in [-0.2, 0) is 21.6 Å². The van der Waals surface area contributed by atoms with Crippen LogP contribution in [0.5, 0.6) is 5.88 Å². The van der Waals surface area contributed by atoms with Gasteiger partial charge < -0.3 is 29.3 Å². The van der Waals surface area contributed by atoms with E-state index in [1.165, 1.54) is 0 Å². The Morgan fingerprint density at radius 2 is 1.64 bits per heavy atom. The van der Waals surface area contributed by atoms with E-state index in [0.717, 1.165) is 42.9 Å². The summed E-state index contributed by atoms with van der Waals surface area (Å²) in [4.78, 5) is 34.4. The van der Waals surface area contributed by atoms with Gasteiger partial charge in [-0.25, -0.2) is 9.59 Å². The largest absolute Gasteiger partial charge is 0.474 e. The lowest BCUT2D eigenvalue weighted by Crippen LogP contribution is -2.42. The number of benzene rings is 1. The zero-order chi connectivity index (χ0) is 30.3. The molecule has 1 aromatic carbocycles. The minimum absolute atomic E-state index is 0.00600. The number of amides is 2. The first kappa shape index (κ1) is 30.0. The highest BCUT2D eigenvalue weighted by Crippen LogP contribution is 2.48. The second kappa shape index (κ2) is 11.3. The number of likely N-dealkylation sites (tertiary alicyclic amines) is 1. The molecule has 42 heavy (non-hydrogen) atoms. The Bertz CT molecular complexity index is 1270. The Hall–Kier alpha value is -3.49. The molecule has 0 spiro atoms. The molecule has 1 aromatic heterocycles. The average molecular weight is 579 g/mol.